The minimum Gasteiger partial charge on any atom is -0.481 e. The summed E-state index contributed by atoms with van der Waals surface area (Å²) in [6, 6.07) is -1.13. The van der Waals surface area contributed by atoms with Gasteiger partial charge in [-0.05, 0) is 7.05 Å². The van der Waals surface area contributed by atoms with Crippen molar-refractivity contribution in [3.8, 4) is 0 Å². The van der Waals surface area contributed by atoms with E-state index in [1.54, 1.807) is 14.1 Å². The average Bonchev–Trinajstić information content (AvgIpc) is 2.33. The summed E-state index contributed by atoms with van der Waals surface area (Å²) in [4.78, 5) is 25.9. The Morgan fingerprint density at radius 2 is 2.10 bits per heavy atom. The van der Waals surface area contributed by atoms with E-state index in [4.69, 9.17) is 5.11 Å². The van der Waals surface area contributed by atoms with Gasteiger partial charge in [0.15, 0.2) is 9.84 Å². The van der Waals surface area contributed by atoms with Crippen LogP contribution < -0.4 is 5.32 Å². The number of carbonyl (C=O) groups is 2. The lowest BCUT2D eigenvalue weighted by molar-refractivity contribution is -0.138. The molecular weight excluding hydrogens is 286 g/mol. The van der Waals surface area contributed by atoms with Gasteiger partial charge >= 0.3 is 12.0 Å². The summed E-state index contributed by atoms with van der Waals surface area (Å²) in [5, 5.41) is 11.8. The lowest BCUT2D eigenvalue weighted by atomic mass is 10.2. The van der Waals surface area contributed by atoms with Crippen LogP contribution in [-0.4, -0.2) is 86.6 Å². The van der Waals surface area contributed by atoms with Gasteiger partial charge in [-0.1, -0.05) is 0 Å². The molecule has 8 nitrogen and oxygen atoms in total. The number of hydrogen-bond donors (Lipinski definition) is 2. The standard InChI is InChI=1S/C11H21N3O5S/c1-12-3-4-13(2)11(17)14-5-6-20(18,19)8-9(14)7-10(15)16/h9,12H,3-8H2,1-2H3,(H,15,16). The Morgan fingerprint density at radius 3 is 2.65 bits per heavy atom. The first-order chi connectivity index (χ1) is 9.26. The number of amides is 2. The molecule has 0 aromatic heterocycles. The minimum absolute atomic E-state index is 0.0446. The third-order valence-corrected chi connectivity index (χ3v) is 4.91. The first kappa shape index (κ1) is 16.7. The molecule has 2 N–H and O–H groups in total. The van der Waals surface area contributed by atoms with E-state index < -0.39 is 21.8 Å². The Labute approximate surface area is 118 Å². The molecule has 0 spiro atoms. The topological polar surface area (TPSA) is 107 Å². The molecule has 1 aliphatic heterocycles. The maximum atomic E-state index is 12.2. The third-order valence-electron chi connectivity index (χ3n) is 3.21. The predicted molar refractivity (Wildman–Crippen MR) is 73.4 cm³/mol. The fraction of sp³-hybridized carbons (Fsp3) is 0.818. The van der Waals surface area contributed by atoms with Crippen molar-refractivity contribution < 1.29 is 23.1 Å². The summed E-state index contributed by atoms with van der Waals surface area (Å²) in [5.74, 6) is -1.51. The molecule has 2 amide bonds. The maximum Gasteiger partial charge on any atom is 0.320 e. The smallest absolute Gasteiger partial charge is 0.320 e. The average molecular weight is 307 g/mol. The molecule has 0 bridgehead atoms. The van der Waals surface area contributed by atoms with Gasteiger partial charge in [0.1, 0.15) is 0 Å². The van der Waals surface area contributed by atoms with Gasteiger partial charge in [0.2, 0.25) is 0 Å². The Bertz CT molecular complexity index is 465. The molecule has 0 aromatic rings. The quantitative estimate of drug-likeness (QED) is 0.663. The van der Waals surface area contributed by atoms with Gasteiger partial charge in [-0.25, -0.2) is 13.2 Å². The van der Waals surface area contributed by atoms with Crippen molar-refractivity contribution in [1.82, 2.24) is 15.1 Å². The lowest BCUT2D eigenvalue weighted by Gasteiger charge is -2.37. The monoisotopic (exact) mass is 307 g/mol. The molecule has 1 aliphatic rings. The second-order valence-corrected chi connectivity index (χ2v) is 7.10. The molecule has 116 valence electrons. The van der Waals surface area contributed by atoms with Crippen molar-refractivity contribution in [3.05, 3.63) is 0 Å². The molecule has 1 heterocycles. The molecule has 1 rings (SSSR count). The fourth-order valence-corrected chi connectivity index (χ4v) is 3.63. The Morgan fingerprint density at radius 1 is 1.45 bits per heavy atom. The molecule has 1 unspecified atom stereocenters. The van der Waals surface area contributed by atoms with E-state index in [0.29, 0.717) is 13.1 Å². The van der Waals surface area contributed by atoms with E-state index in [0.717, 1.165) is 0 Å². The number of carboxylic acids is 1. The molecule has 1 fully saturated rings. The Kier molecular flexibility index (Phi) is 5.75. The zero-order valence-electron chi connectivity index (χ0n) is 11.7. The summed E-state index contributed by atoms with van der Waals surface area (Å²) in [5.41, 5.74) is 0. The first-order valence-corrected chi connectivity index (χ1v) is 8.17. The van der Waals surface area contributed by atoms with Gasteiger partial charge in [-0.3, -0.25) is 4.79 Å². The zero-order chi connectivity index (χ0) is 15.3. The van der Waals surface area contributed by atoms with Crippen LogP contribution in [0.1, 0.15) is 6.42 Å². The van der Waals surface area contributed by atoms with Crippen LogP contribution in [0.25, 0.3) is 0 Å². The second kappa shape index (κ2) is 6.89. The molecule has 20 heavy (non-hydrogen) atoms. The maximum absolute atomic E-state index is 12.2. The van der Waals surface area contributed by atoms with Gasteiger partial charge in [-0.2, -0.15) is 0 Å². The van der Waals surface area contributed by atoms with Gasteiger partial charge in [0.25, 0.3) is 0 Å². The van der Waals surface area contributed by atoms with Crippen molar-refractivity contribution in [2.24, 2.45) is 0 Å². The van der Waals surface area contributed by atoms with Crippen molar-refractivity contribution in [2.75, 3.05) is 45.2 Å². The van der Waals surface area contributed by atoms with Crippen LogP contribution in [-0.2, 0) is 14.6 Å². The van der Waals surface area contributed by atoms with Crippen LogP contribution in [0.5, 0.6) is 0 Å². The van der Waals surface area contributed by atoms with Crippen LogP contribution >= 0.6 is 0 Å². The number of nitrogens with one attached hydrogen (secondary N) is 1. The largest absolute Gasteiger partial charge is 0.481 e. The number of likely N-dealkylation sites (N-methyl/N-ethyl adjacent to an activating group) is 2. The molecule has 1 atom stereocenters. The Hall–Kier alpha value is -1.35. The number of hydrogen-bond acceptors (Lipinski definition) is 5. The molecule has 0 radical (unpaired) electrons. The van der Waals surface area contributed by atoms with Crippen LogP contribution in [0.3, 0.4) is 0 Å². The number of carbonyl (C=O) groups excluding carboxylic acids is 1. The summed E-state index contributed by atoms with van der Waals surface area (Å²) >= 11 is 0. The second-order valence-electron chi connectivity index (χ2n) is 4.87. The number of nitrogens with zero attached hydrogens (tertiary/aromatic N) is 2. The van der Waals surface area contributed by atoms with Gasteiger partial charge < -0.3 is 20.2 Å². The van der Waals surface area contributed by atoms with Crippen LogP contribution in [0.15, 0.2) is 0 Å². The van der Waals surface area contributed by atoms with E-state index >= 15 is 0 Å². The van der Waals surface area contributed by atoms with E-state index in [-0.39, 0.29) is 30.5 Å². The summed E-state index contributed by atoms with van der Waals surface area (Å²) in [7, 11) is 0.0999. The molecule has 0 aliphatic carbocycles. The highest BCUT2D eigenvalue weighted by atomic mass is 32.2. The van der Waals surface area contributed by atoms with Gasteiger partial charge in [-0.15, -0.1) is 0 Å². The number of aliphatic carboxylic acids is 1. The van der Waals surface area contributed by atoms with Crippen molar-refractivity contribution in [1.29, 1.82) is 0 Å². The SMILES string of the molecule is CNCCN(C)C(=O)N1CCS(=O)(=O)CC1CC(=O)O. The highest BCUT2D eigenvalue weighted by Gasteiger charge is 2.36. The van der Waals surface area contributed by atoms with E-state index in [9.17, 15) is 18.0 Å². The third kappa shape index (κ3) is 4.64. The fourth-order valence-electron chi connectivity index (χ4n) is 2.10. The number of urea groups is 1. The van der Waals surface area contributed by atoms with Crippen LogP contribution in [0.2, 0.25) is 0 Å². The van der Waals surface area contributed by atoms with E-state index in [1.807, 2.05) is 0 Å². The Balaban J connectivity index is 2.79. The first-order valence-electron chi connectivity index (χ1n) is 6.35. The van der Waals surface area contributed by atoms with Crippen LogP contribution in [0, 0.1) is 0 Å². The molecular formula is C11H21N3O5S. The number of carboxylic acid groups (broad SMARTS) is 1. The van der Waals surface area contributed by atoms with Gasteiger partial charge in [0.05, 0.1) is 24.0 Å². The predicted octanol–water partition coefficient (Wildman–Crippen LogP) is -1.17. The number of rotatable bonds is 5. The number of sulfone groups is 1. The summed E-state index contributed by atoms with van der Waals surface area (Å²) in [6.45, 7) is 1.12. The highest BCUT2D eigenvalue weighted by Crippen LogP contribution is 2.16. The van der Waals surface area contributed by atoms with E-state index in [2.05, 4.69) is 5.32 Å². The van der Waals surface area contributed by atoms with Crippen molar-refractivity contribution >= 4 is 21.8 Å². The minimum atomic E-state index is -3.27. The van der Waals surface area contributed by atoms with Crippen LogP contribution in [0.4, 0.5) is 4.79 Å². The molecule has 1 saturated heterocycles. The normalized spacial score (nSPS) is 21.5. The molecule has 0 saturated carbocycles. The lowest BCUT2D eigenvalue weighted by Crippen LogP contribution is -2.55. The molecule has 9 heteroatoms. The van der Waals surface area contributed by atoms with Gasteiger partial charge in [0, 0.05) is 26.7 Å². The van der Waals surface area contributed by atoms with Crippen molar-refractivity contribution in [3.63, 3.8) is 0 Å². The molecule has 0 aromatic carbocycles. The van der Waals surface area contributed by atoms with Crippen molar-refractivity contribution in [2.45, 2.75) is 12.5 Å². The van der Waals surface area contributed by atoms with E-state index in [1.165, 1.54) is 9.80 Å². The summed E-state index contributed by atoms with van der Waals surface area (Å²) < 4.78 is 23.2. The zero-order valence-corrected chi connectivity index (χ0v) is 12.5. The summed E-state index contributed by atoms with van der Waals surface area (Å²) in [6.07, 6.45) is -0.356. The highest BCUT2D eigenvalue weighted by molar-refractivity contribution is 7.91.